The summed E-state index contributed by atoms with van der Waals surface area (Å²) >= 11 is 1.60. The first-order valence-corrected chi connectivity index (χ1v) is 10.2. The highest BCUT2D eigenvalue weighted by atomic mass is 32.1. The monoisotopic (exact) mass is 399 g/mol. The smallest absolute Gasteiger partial charge is 0.325 e. The van der Waals surface area contributed by atoms with Gasteiger partial charge in [-0.15, -0.1) is 11.3 Å². The molecule has 1 atom stereocenters. The standard InChI is InChI=1S/C20H21N3O4S/c1-2-27-15-7-4-3-6-14(15)21-17(24)12-23-18(25)20(22-19(23)26)10-5-8-16-13(20)9-11-28-16/h3-4,6-7,9,11H,2,5,8,10,12H2,1H3,(H,21,24)(H,22,26)/t20-/m1/s1. The number of nitrogens with zero attached hydrogens (tertiary/aromatic N) is 1. The van der Waals surface area contributed by atoms with E-state index in [0.717, 1.165) is 28.2 Å². The van der Waals surface area contributed by atoms with Crippen molar-refractivity contribution >= 4 is 34.9 Å². The number of aryl methyl sites for hydroxylation is 1. The number of thiophene rings is 1. The molecule has 2 N–H and O–H groups in total. The fourth-order valence-electron chi connectivity index (χ4n) is 3.87. The summed E-state index contributed by atoms with van der Waals surface area (Å²) in [7, 11) is 0. The van der Waals surface area contributed by atoms with Crippen molar-refractivity contribution in [2.24, 2.45) is 0 Å². The Morgan fingerprint density at radius 2 is 2.14 bits per heavy atom. The summed E-state index contributed by atoms with van der Waals surface area (Å²) in [5.41, 5.74) is 0.342. The van der Waals surface area contributed by atoms with E-state index < -0.39 is 17.5 Å². The summed E-state index contributed by atoms with van der Waals surface area (Å²) in [6.45, 7) is 1.98. The molecule has 4 rings (SSSR count). The van der Waals surface area contributed by atoms with Gasteiger partial charge in [-0.05, 0) is 49.8 Å². The number of ether oxygens (including phenoxy) is 1. The van der Waals surface area contributed by atoms with Crippen LogP contribution in [0.3, 0.4) is 0 Å². The highest BCUT2D eigenvalue weighted by molar-refractivity contribution is 7.10. The van der Waals surface area contributed by atoms with Crippen molar-refractivity contribution in [1.82, 2.24) is 10.2 Å². The highest BCUT2D eigenvalue weighted by Crippen LogP contribution is 2.42. The molecule has 4 amide bonds. The lowest BCUT2D eigenvalue weighted by Gasteiger charge is -2.31. The lowest BCUT2D eigenvalue weighted by molar-refractivity contribution is -0.134. The first-order chi connectivity index (χ1) is 13.5. The van der Waals surface area contributed by atoms with E-state index in [1.54, 1.807) is 29.5 Å². The zero-order chi connectivity index (χ0) is 19.7. The molecule has 1 fully saturated rings. The van der Waals surface area contributed by atoms with E-state index in [0.29, 0.717) is 24.5 Å². The predicted octanol–water partition coefficient (Wildman–Crippen LogP) is 2.87. The average molecular weight is 399 g/mol. The molecule has 1 aliphatic carbocycles. The first kappa shape index (κ1) is 18.5. The lowest BCUT2D eigenvalue weighted by atomic mass is 9.80. The number of para-hydroxylation sites is 2. The van der Waals surface area contributed by atoms with Crippen LogP contribution >= 0.6 is 11.3 Å². The van der Waals surface area contributed by atoms with Gasteiger partial charge in [0.15, 0.2) is 0 Å². The van der Waals surface area contributed by atoms with Crippen LogP contribution in [-0.2, 0) is 21.5 Å². The van der Waals surface area contributed by atoms with Crippen LogP contribution in [0.1, 0.15) is 30.2 Å². The molecule has 1 aliphatic heterocycles. The van der Waals surface area contributed by atoms with Crippen molar-refractivity contribution in [1.29, 1.82) is 0 Å². The molecule has 2 aromatic rings. The van der Waals surface area contributed by atoms with E-state index in [4.69, 9.17) is 4.74 Å². The molecule has 28 heavy (non-hydrogen) atoms. The zero-order valence-electron chi connectivity index (χ0n) is 15.5. The van der Waals surface area contributed by atoms with Crippen molar-refractivity contribution < 1.29 is 19.1 Å². The lowest BCUT2D eigenvalue weighted by Crippen LogP contribution is -2.46. The van der Waals surface area contributed by atoms with Crippen molar-refractivity contribution in [3.63, 3.8) is 0 Å². The molecule has 0 bridgehead atoms. The number of carbonyl (C=O) groups excluding carboxylic acids is 3. The first-order valence-electron chi connectivity index (χ1n) is 9.28. The number of imide groups is 1. The number of hydrogen-bond donors (Lipinski definition) is 2. The maximum atomic E-state index is 13.2. The number of urea groups is 1. The van der Waals surface area contributed by atoms with E-state index >= 15 is 0 Å². The van der Waals surface area contributed by atoms with Crippen LogP contribution < -0.4 is 15.4 Å². The molecule has 0 unspecified atom stereocenters. The molecular formula is C20H21N3O4S. The molecule has 1 saturated heterocycles. The summed E-state index contributed by atoms with van der Waals surface area (Å²) in [4.78, 5) is 40.4. The van der Waals surface area contributed by atoms with Crippen LogP contribution in [0.15, 0.2) is 35.7 Å². The summed E-state index contributed by atoms with van der Waals surface area (Å²) in [6.07, 6.45) is 2.28. The predicted molar refractivity (Wildman–Crippen MR) is 105 cm³/mol. The van der Waals surface area contributed by atoms with E-state index in [2.05, 4.69) is 10.6 Å². The Balaban J connectivity index is 1.51. The third kappa shape index (κ3) is 3.03. The number of hydrogen-bond acceptors (Lipinski definition) is 5. The summed E-state index contributed by atoms with van der Waals surface area (Å²) in [5, 5.41) is 7.53. The van der Waals surface area contributed by atoms with Gasteiger partial charge in [0.1, 0.15) is 17.8 Å². The molecule has 7 nitrogen and oxygen atoms in total. The van der Waals surface area contributed by atoms with Gasteiger partial charge in [0, 0.05) is 10.4 Å². The number of carbonyl (C=O) groups is 3. The molecule has 2 heterocycles. The van der Waals surface area contributed by atoms with Crippen LogP contribution in [0.2, 0.25) is 0 Å². The van der Waals surface area contributed by atoms with Crippen LogP contribution in [0.5, 0.6) is 5.75 Å². The van der Waals surface area contributed by atoms with Crippen LogP contribution in [0.25, 0.3) is 0 Å². The maximum absolute atomic E-state index is 13.2. The molecule has 146 valence electrons. The minimum atomic E-state index is -1.03. The quantitative estimate of drug-likeness (QED) is 0.757. The molecule has 1 aromatic carbocycles. The summed E-state index contributed by atoms with van der Waals surface area (Å²) in [5.74, 6) is -0.263. The van der Waals surface area contributed by atoms with Gasteiger partial charge in [-0.25, -0.2) is 4.79 Å². The molecule has 8 heteroatoms. The summed E-state index contributed by atoms with van der Waals surface area (Å²) in [6, 6.07) is 8.43. The minimum Gasteiger partial charge on any atom is -0.492 e. The average Bonchev–Trinajstić information content (AvgIpc) is 3.24. The van der Waals surface area contributed by atoms with Gasteiger partial charge in [-0.3, -0.25) is 14.5 Å². The van der Waals surface area contributed by atoms with Gasteiger partial charge >= 0.3 is 6.03 Å². The largest absolute Gasteiger partial charge is 0.492 e. The van der Waals surface area contributed by atoms with Gasteiger partial charge in [-0.2, -0.15) is 0 Å². The SMILES string of the molecule is CCOc1ccccc1NC(=O)CN1C(=O)N[C@@]2(CCCc3sccc32)C1=O. The van der Waals surface area contributed by atoms with E-state index in [1.807, 2.05) is 24.4 Å². The Morgan fingerprint density at radius 3 is 2.96 bits per heavy atom. The van der Waals surface area contributed by atoms with Gasteiger partial charge < -0.3 is 15.4 Å². The second-order valence-electron chi connectivity index (χ2n) is 6.82. The van der Waals surface area contributed by atoms with Gasteiger partial charge in [0.2, 0.25) is 5.91 Å². The third-order valence-corrected chi connectivity index (χ3v) is 6.08. The van der Waals surface area contributed by atoms with E-state index in [1.165, 1.54) is 0 Å². The Morgan fingerprint density at radius 1 is 1.32 bits per heavy atom. The fourth-order valence-corrected chi connectivity index (χ4v) is 4.87. The van der Waals surface area contributed by atoms with Crippen molar-refractivity contribution in [3.8, 4) is 5.75 Å². The molecule has 1 aromatic heterocycles. The molecule has 0 radical (unpaired) electrons. The zero-order valence-corrected chi connectivity index (χ0v) is 16.3. The number of amides is 4. The Bertz CT molecular complexity index is 941. The molecule has 0 saturated carbocycles. The van der Waals surface area contributed by atoms with Crippen molar-refractivity contribution in [3.05, 3.63) is 46.2 Å². The topological polar surface area (TPSA) is 87.7 Å². The summed E-state index contributed by atoms with van der Waals surface area (Å²) < 4.78 is 5.50. The fraction of sp³-hybridized carbons (Fsp3) is 0.350. The third-order valence-electron chi connectivity index (χ3n) is 5.10. The molecular weight excluding hydrogens is 378 g/mol. The number of nitrogens with one attached hydrogen (secondary N) is 2. The van der Waals surface area contributed by atoms with Gasteiger partial charge in [-0.1, -0.05) is 12.1 Å². The Kier molecular flexibility index (Phi) is 4.80. The number of rotatable bonds is 5. The van der Waals surface area contributed by atoms with E-state index in [-0.39, 0.29) is 12.5 Å². The van der Waals surface area contributed by atoms with Gasteiger partial charge in [0.05, 0.1) is 12.3 Å². The second-order valence-corrected chi connectivity index (χ2v) is 7.82. The Hall–Kier alpha value is -2.87. The maximum Gasteiger partial charge on any atom is 0.325 e. The van der Waals surface area contributed by atoms with Crippen molar-refractivity contribution in [2.45, 2.75) is 31.7 Å². The second kappa shape index (κ2) is 7.27. The van der Waals surface area contributed by atoms with Crippen molar-refractivity contribution in [2.75, 3.05) is 18.5 Å². The molecule has 1 spiro atoms. The van der Waals surface area contributed by atoms with Gasteiger partial charge in [0.25, 0.3) is 5.91 Å². The Labute approximate surface area is 166 Å². The van der Waals surface area contributed by atoms with E-state index in [9.17, 15) is 14.4 Å². The minimum absolute atomic E-state index is 0.341. The normalized spacial score (nSPS) is 20.8. The molecule has 2 aliphatic rings. The van der Waals surface area contributed by atoms with Crippen LogP contribution in [0.4, 0.5) is 10.5 Å². The van der Waals surface area contributed by atoms with Crippen LogP contribution in [-0.4, -0.2) is 35.9 Å². The number of benzene rings is 1. The number of anilines is 1. The highest BCUT2D eigenvalue weighted by Gasteiger charge is 2.54. The van der Waals surface area contributed by atoms with Crippen LogP contribution in [0, 0.1) is 0 Å². The number of fused-ring (bicyclic) bond motifs is 2.